The van der Waals surface area contributed by atoms with Gasteiger partial charge >= 0.3 is 6.09 Å². The van der Waals surface area contributed by atoms with Crippen LogP contribution in [0.4, 0.5) is 15.0 Å². The van der Waals surface area contributed by atoms with E-state index in [4.69, 9.17) is 31.0 Å². The SMILES string of the molecule is COCc1cc2nc(-c3ccccc3F)c(Cl)cc2c(N2CCN(C(=O)OC(C)(C)C)CC2C)n1. The van der Waals surface area contributed by atoms with Crippen molar-refractivity contribution in [2.24, 2.45) is 0 Å². The van der Waals surface area contributed by atoms with Crippen molar-refractivity contribution in [3.05, 3.63) is 52.9 Å². The number of rotatable bonds is 4. The van der Waals surface area contributed by atoms with E-state index in [2.05, 4.69) is 4.90 Å². The number of methoxy groups -OCH3 is 1. The minimum Gasteiger partial charge on any atom is -0.444 e. The molecule has 0 spiro atoms. The Morgan fingerprint density at radius 2 is 1.94 bits per heavy atom. The highest BCUT2D eigenvalue weighted by Gasteiger charge is 2.31. The van der Waals surface area contributed by atoms with E-state index in [0.29, 0.717) is 59.5 Å². The minimum absolute atomic E-state index is 0.0326. The van der Waals surface area contributed by atoms with Crippen molar-refractivity contribution in [2.45, 2.75) is 45.9 Å². The van der Waals surface area contributed by atoms with Crippen LogP contribution < -0.4 is 4.90 Å². The molecule has 1 amide bonds. The van der Waals surface area contributed by atoms with Gasteiger partial charge in [0, 0.05) is 43.7 Å². The van der Waals surface area contributed by atoms with Gasteiger partial charge in [-0.15, -0.1) is 0 Å². The van der Waals surface area contributed by atoms with E-state index < -0.39 is 5.60 Å². The lowest BCUT2D eigenvalue weighted by Crippen LogP contribution is -2.55. The molecule has 0 N–H and O–H groups in total. The molecular weight excluding hydrogens is 471 g/mol. The summed E-state index contributed by atoms with van der Waals surface area (Å²) in [6.45, 7) is 9.44. The van der Waals surface area contributed by atoms with E-state index in [0.717, 1.165) is 5.39 Å². The van der Waals surface area contributed by atoms with Crippen molar-refractivity contribution in [1.82, 2.24) is 14.9 Å². The van der Waals surface area contributed by atoms with Gasteiger partial charge in [0.15, 0.2) is 0 Å². The molecule has 1 saturated heterocycles. The number of anilines is 1. The first-order valence-corrected chi connectivity index (χ1v) is 11.9. The normalized spacial score (nSPS) is 16.6. The predicted molar refractivity (Wildman–Crippen MR) is 135 cm³/mol. The summed E-state index contributed by atoms with van der Waals surface area (Å²) in [6.07, 6.45) is -0.325. The molecule has 3 heterocycles. The van der Waals surface area contributed by atoms with Crippen LogP contribution in [-0.4, -0.2) is 59.3 Å². The first-order valence-electron chi connectivity index (χ1n) is 11.6. The monoisotopic (exact) mass is 500 g/mol. The number of piperazine rings is 1. The number of amides is 1. The standard InChI is InChI=1S/C26H30ClFN4O3/c1-16-14-31(25(33)35-26(2,3)4)10-11-32(16)24-19-13-20(27)23(18-8-6-7-9-21(18)28)30-22(19)12-17(29-24)15-34-5/h6-9,12-13,16H,10-11,14-15H2,1-5H3. The zero-order valence-corrected chi connectivity index (χ0v) is 21.4. The van der Waals surface area contributed by atoms with E-state index in [1.165, 1.54) is 6.07 Å². The number of halogens is 2. The number of hydrogen-bond acceptors (Lipinski definition) is 6. The molecule has 7 nitrogen and oxygen atoms in total. The molecule has 2 aromatic heterocycles. The van der Waals surface area contributed by atoms with Gasteiger partial charge in [0.25, 0.3) is 0 Å². The second kappa shape index (κ2) is 9.95. The van der Waals surface area contributed by atoms with Gasteiger partial charge in [0.2, 0.25) is 0 Å². The summed E-state index contributed by atoms with van der Waals surface area (Å²) in [5.74, 6) is 0.319. The maximum Gasteiger partial charge on any atom is 0.410 e. The summed E-state index contributed by atoms with van der Waals surface area (Å²) in [5, 5.41) is 1.10. The molecule has 1 aromatic carbocycles. The topological polar surface area (TPSA) is 67.8 Å². The largest absolute Gasteiger partial charge is 0.444 e. The van der Waals surface area contributed by atoms with Crippen molar-refractivity contribution < 1.29 is 18.7 Å². The van der Waals surface area contributed by atoms with E-state index in [9.17, 15) is 9.18 Å². The predicted octanol–water partition coefficient (Wildman–Crippen LogP) is 5.68. The van der Waals surface area contributed by atoms with Crippen LogP contribution in [0.1, 0.15) is 33.4 Å². The molecule has 1 aliphatic rings. The highest BCUT2D eigenvalue weighted by Crippen LogP contribution is 2.35. The summed E-state index contributed by atoms with van der Waals surface area (Å²) in [5.41, 5.74) is 1.51. The zero-order chi connectivity index (χ0) is 25.3. The molecule has 0 aliphatic carbocycles. The second-order valence-electron chi connectivity index (χ2n) is 9.70. The number of fused-ring (bicyclic) bond motifs is 1. The van der Waals surface area contributed by atoms with E-state index in [1.807, 2.05) is 33.8 Å². The van der Waals surface area contributed by atoms with Gasteiger partial charge in [-0.05, 0) is 52.0 Å². The van der Waals surface area contributed by atoms with Crippen LogP contribution in [0, 0.1) is 5.82 Å². The molecule has 9 heteroatoms. The van der Waals surface area contributed by atoms with Crippen LogP contribution in [0.3, 0.4) is 0 Å². The smallest absolute Gasteiger partial charge is 0.410 e. The summed E-state index contributed by atoms with van der Waals surface area (Å²) in [4.78, 5) is 26.0. The summed E-state index contributed by atoms with van der Waals surface area (Å²) >= 11 is 6.61. The van der Waals surface area contributed by atoms with Gasteiger partial charge < -0.3 is 19.3 Å². The van der Waals surface area contributed by atoms with Crippen molar-refractivity contribution in [2.75, 3.05) is 31.6 Å². The van der Waals surface area contributed by atoms with Crippen LogP contribution >= 0.6 is 11.6 Å². The Morgan fingerprint density at radius 1 is 1.20 bits per heavy atom. The zero-order valence-electron chi connectivity index (χ0n) is 20.6. The lowest BCUT2D eigenvalue weighted by atomic mass is 10.1. The molecule has 1 fully saturated rings. The van der Waals surface area contributed by atoms with Gasteiger partial charge in [-0.1, -0.05) is 23.7 Å². The summed E-state index contributed by atoms with van der Waals surface area (Å²) in [6, 6.07) is 10.0. The number of ether oxygens (including phenoxy) is 2. The first-order chi connectivity index (χ1) is 16.6. The molecular formula is C26H30ClFN4O3. The maximum atomic E-state index is 14.5. The van der Waals surface area contributed by atoms with Crippen LogP contribution in [0.5, 0.6) is 0 Å². The molecule has 4 rings (SSSR count). The molecule has 1 aliphatic heterocycles. The average Bonchev–Trinajstić information content (AvgIpc) is 2.78. The molecule has 0 radical (unpaired) electrons. The number of aromatic nitrogens is 2. The summed E-state index contributed by atoms with van der Waals surface area (Å²) < 4.78 is 25.4. The molecule has 0 bridgehead atoms. The van der Waals surface area contributed by atoms with Gasteiger partial charge in [0.1, 0.15) is 17.2 Å². The number of hydrogen-bond donors (Lipinski definition) is 0. The van der Waals surface area contributed by atoms with Gasteiger partial charge in [-0.2, -0.15) is 0 Å². The molecule has 0 saturated carbocycles. The third-order valence-electron chi connectivity index (χ3n) is 5.77. The van der Waals surface area contributed by atoms with E-state index in [-0.39, 0.29) is 18.0 Å². The Kier molecular flexibility index (Phi) is 7.15. The fourth-order valence-corrected chi connectivity index (χ4v) is 4.48. The van der Waals surface area contributed by atoms with Crippen molar-refractivity contribution >= 4 is 34.4 Å². The molecule has 35 heavy (non-hydrogen) atoms. The third-order valence-corrected chi connectivity index (χ3v) is 6.06. The number of carbonyl (C=O) groups excluding carboxylic acids is 1. The fraction of sp³-hybridized carbons (Fsp3) is 0.423. The molecule has 3 aromatic rings. The Hall–Kier alpha value is -2.97. The first kappa shape index (κ1) is 25.1. The highest BCUT2D eigenvalue weighted by atomic mass is 35.5. The van der Waals surface area contributed by atoms with E-state index >= 15 is 0 Å². The Labute approximate surface area is 209 Å². The van der Waals surface area contributed by atoms with Crippen LogP contribution in [0.2, 0.25) is 5.02 Å². The number of benzene rings is 1. The Balaban J connectivity index is 1.72. The molecule has 186 valence electrons. The molecule has 1 atom stereocenters. The highest BCUT2D eigenvalue weighted by molar-refractivity contribution is 6.34. The Bertz CT molecular complexity index is 1250. The summed E-state index contributed by atoms with van der Waals surface area (Å²) in [7, 11) is 1.61. The molecule has 1 unspecified atom stereocenters. The quantitative estimate of drug-likeness (QED) is 0.459. The van der Waals surface area contributed by atoms with Crippen molar-refractivity contribution in [3.8, 4) is 11.3 Å². The van der Waals surface area contributed by atoms with Gasteiger partial charge in [-0.3, -0.25) is 0 Å². The van der Waals surface area contributed by atoms with Gasteiger partial charge in [0.05, 0.1) is 28.5 Å². The lowest BCUT2D eigenvalue weighted by Gasteiger charge is -2.41. The average molecular weight is 501 g/mol. The number of nitrogens with zero attached hydrogens (tertiary/aromatic N) is 4. The fourth-order valence-electron chi connectivity index (χ4n) is 4.23. The van der Waals surface area contributed by atoms with Crippen molar-refractivity contribution in [1.29, 1.82) is 0 Å². The minimum atomic E-state index is -0.554. The van der Waals surface area contributed by atoms with Crippen LogP contribution in [-0.2, 0) is 16.1 Å². The second-order valence-corrected chi connectivity index (χ2v) is 10.1. The van der Waals surface area contributed by atoms with Crippen LogP contribution in [0.25, 0.3) is 22.2 Å². The third kappa shape index (κ3) is 5.49. The van der Waals surface area contributed by atoms with Crippen molar-refractivity contribution in [3.63, 3.8) is 0 Å². The lowest BCUT2D eigenvalue weighted by molar-refractivity contribution is 0.0218. The number of carbonyl (C=O) groups is 1. The Morgan fingerprint density at radius 3 is 2.60 bits per heavy atom. The van der Waals surface area contributed by atoms with Crippen LogP contribution in [0.15, 0.2) is 36.4 Å². The van der Waals surface area contributed by atoms with Gasteiger partial charge in [-0.25, -0.2) is 19.2 Å². The van der Waals surface area contributed by atoms with E-state index in [1.54, 1.807) is 36.3 Å². The maximum absolute atomic E-state index is 14.5. The number of pyridine rings is 2.